The Morgan fingerprint density at radius 3 is 2.66 bits per heavy atom. The number of alkyl halides is 1. The standard InChI is InChI=1S/C22H33FN5O3P/c1-7-18-19(23)21(31-32(29-13-9-12-24)28(14(2)3)15(4)5)22(30-18)27-17-11-8-10-16(6)20(17)25-26-27/h8,10-11,14-15,18-19,21-22H,7,9,13H2,1-6H3/t18-,19-,21-,22-,32?/m1/s1. The van der Waals surface area contributed by atoms with Crippen molar-refractivity contribution < 1.29 is 18.2 Å². The van der Waals surface area contributed by atoms with Gasteiger partial charge in [0, 0.05) is 12.1 Å². The molecule has 1 unspecified atom stereocenters. The van der Waals surface area contributed by atoms with Crippen LogP contribution in [0.15, 0.2) is 18.2 Å². The van der Waals surface area contributed by atoms with E-state index in [4.69, 9.17) is 19.0 Å². The fraction of sp³-hybridized carbons (Fsp3) is 0.682. The molecular weight excluding hydrogens is 432 g/mol. The van der Waals surface area contributed by atoms with E-state index in [-0.39, 0.29) is 25.1 Å². The summed E-state index contributed by atoms with van der Waals surface area (Å²) in [7, 11) is -1.63. The number of benzene rings is 1. The Hall–Kier alpha value is -1.69. The zero-order chi connectivity index (χ0) is 23.4. The molecule has 1 aliphatic heterocycles. The van der Waals surface area contributed by atoms with E-state index < -0.39 is 33.1 Å². The van der Waals surface area contributed by atoms with Crippen LogP contribution in [0.3, 0.4) is 0 Å². The predicted octanol–water partition coefficient (Wildman–Crippen LogP) is 5.05. The summed E-state index contributed by atoms with van der Waals surface area (Å²) >= 11 is 0. The number of halogens is 1. The maximum Gasteiger partial charge on any atom is 0.259 e. The van der Waals surface area contributed by atoms with E-state index in [0.717, 1.165) is 16.6 Å². The number of aryl methyl sites for hydroxylation is 1. The van der Waals surface area contributed by atoms with Gasteiger partial charge in [-0.3, -0.25) is 0 Å². The lowest BCUT2D eigenvalue weighted by Crippen LogP contribution is -2.37. The highest BCUT2D eigenvalue weighted by Crippen LogP contribution is 2.51. The molecule has 0 N–H and O–H groups in total. The highest BCUT2D eigenvalue weighted by atomic mass is 31.2. The Morgan fingerprint density at radius 1 is 1.31 bits per heavy atom. The lowest BCUT2D eigenvalue weighted by Gasteiger charge is -2.37. The van der Waals surface area contributed by atoms with Gasteiger partial charge in [-0.1, -0.05) is 24.3 Å². The average Bonchev–Trinajstić information content (AvgIpc) is 3.30. The number of aromatic nitrogens is 3. The second-order valence-electron chi connectivity index (χ2n) is 8.51. The van der Waals surface area contributed by atoms with Crippen LogP contribution in [0.1, 0.15) is 59.3 Å². The molecule has 3 rings (SSSR count). The van der Waals surface area contributed by atoms with Crippen molar-refractivity contribution in [2.75, 3.05) is 6.61 Å². The van der Waals surface area contributed by atoms with Gasteiger partial charge in [0.15, 0.2) is 12.4 Å². The van der Waals surface area contributed by atoms with Gasteiger partial charge in [0.05, 0.1) is 30.7 Å². The van der Waals surface area contributed by atoms with E-state index in [1.54, 1.807) is 4.68 Å². The van der Waals surface area contributed by atoms with Gasteiger partial charge in [-0.15, -0.1) is 5.10 Å². The van der Waals surface area contributed by atoms with Crippen LogP contribution in [0, 0.1) is 18.3 Å². The van der Waals surface area contributed by atoms with Gasteiger partial charge in [0.1, 0.15) is 11.6 Å². The molecule has 0 spiro atoms. The molecule has 1 aromatic carbocycles. The van der Waals surface area contributed by atoms with Crippen LogP contribution in [0.2, 0.25) is 0 Å². The molecule has 176 valence electrons. The van der Waals surface area contributed by atoms with Crippen molar-refractivity contribution in [1.82, 2.24) is 19.7 Å². The van der Waals surface area contributed by atoms with Crippen LogP contribution in [0.4, 0.5) is 4.39 Å². The van der Waals surface area contributed by atoms with Gasteiger partial charge in [-0.05, 0) is 52.7 Å². The lowest BCUT2D eigenvalue weighted by atomic mass is 10.1. The smallest absolute Gasteiger partial charge is 0.259 e. The summed E-state index contributed by atoms with van der Waals surface area (Å²) in [5, 5.41) is 17.5. The highest BCUT2D eigenvalue weighted by molar-refractivity contribution is 7.44. The van der Waals surface area contributed by atoms with Gasteiger partial charge < -0.3 is 13.8 Å². The van der Waals surface area contributed by atoms with Crippen molar-refractivity contribution in [3.8, 4) is 6.07 Å². The monoisotopic (exact) mass is 465 g/mol. The number of nitrogens with zero attached hydrogens (tertiary/aromatic N) is 5. The molecule has 2 aromatic rings. The Labute approximate surface area is 190 Å². The van der Waals surface area contributed by atoms with Gasteiger partial charge in [-0.2, -0.15) is 5.26 Å². The minimum atomic E-state index is -1.63. The summed E-state index contributed by atoms with van der Waals surface area (Å²) in [6.07, 6.45) is -2.91. The molecule has 0 bridgehead atoms. The van der Waals surface area contributed by atoms with E-state index >= 15 is 4.39 Å². The first kappa shape index (κ1) is 24.9. The van der Waals surface area contributed by atoms with Gasteiger partial charge in [0.2, 0.25) is 0 Å². The van der Waals surface area contributed by atoms with Gasteiger partial charge >= 0.3 is 0 Å². The number of fused-ring (bicyclic) bond motifs is 1. The Balaban J connectivity index is 1.96. The summed E-state index contributed by atoms with van der Waals surface area (Å²) in [4.78, 5) is 0. The van der Waals surface area contributed by atoms with E-state index in [1.165, 1.54) is 0 Å². The fourth-order valence-corrected chi connectivity index (χ4v) is 5.75. The average molecular weight is 466 g/mol. The summed E-state index contributed by atoms with van der Waals surface area (Å²) in [6, 6.07) is 8.09. The molecule has 10 heteroatoms. The van der Waals surface area contributed by atoms with Crippen LogP contribution < -0.4 is 0 Å². The Bertz CT molecular complexity index is 926. The number of rotatable bonds is 10. The minimum Gasteiger partial charge on any atom is -0.347 e. The van der Waals surface area contributed by atoms with Crippen LogP contribution in [-0.2, 0) is 13.8 Å². The van der Waals surface area contributed by atoms with Gasteiger partial charge in [-0.25, -0.2) is 13.7 Å². The van der Waals surface area contributed by atoms with Crippen molar-refractivity contribution in [2.45, 2.75) is 91.1 Å². The third kappa shape index (κ3) is 5.11. The summed E-state index contributed by atoms with van der Waals surface area (Å²) in [5.41, 5.74) is 2.51. The Kier molecular flexibility index (Phi) is 8.54. The molecule has 2 heterocycles. The summed E-state index contributed by atoms with van der Waals surface area (Å²) < 4.78 is 37.7. The second-order valence-corrected chi connectivity index (χ2v) is 9.92. The molecule has 5 atom stereocenters. The molecule has 1 aliphatic rings. The molecule has 1 fully saturated rings. The summed E-state index contributed by atoms with van der Waals surface area (Å²) in [6.45, 7) is 12.3. The molecular formula is C22H33FN5O3P. The SMILES string of the molecule is CC[C@H]1O[C@@H](n2nnc3c(C)cccc32)[C@H](OP(OCCC#N)N(C(C)C)C(C)C)[C@@H]1F. The zero-order valence-corrected chi connectivity index (χ0v) is 20.5. The molecule has 0 aliphatic carbocycles. The number of hydrogen-bond acceptors (Lipinski definition) is 7. The van der Waals surface area contributed by atoms with E-state index in [9.17, 15) is 0 Å². The first-order chi connectivity index (χ1) is 15.3. The molecule has 0 amide bonds. The van der Waals surface area contributed by atoms with Crippen LogP contribution in [0.5, 0.6) is 0 Å². The van der Waals surface area contributed by atoms with E-state index in [2.05, 4.69) is 21.1 Å². The second kappa shape index (κ2) is 11.0. The first-order valence-electron chi connectivity index (χ1n) is 11.1. The molecule has 0 radical (unpaired) electrons. The van der Waals surface area contributed by atoms with Gasteiger partial charge in [0.25, 0.3) is 8.53 Å². The zero-order valence-electron chi connectivity index (χ0n) is 19.6. The van der Waals surface area contributed by atoms with E-state index in [0.29, 0.717) is 6.42 Å². The largest absolute Gasteiger partial charge is 0.347 e. The molecule has 32 heavy (non-hydrogen) atoms. The van der Waals surface area contributed by atoms with Crippen LogP contribution >= 0.6 is 8.53 Å². The van der Waals surface area contributed by atoms with Crippen molar-refractivity contribution in [3.63, 3.8) is 0 Å². The lowest BCUT2D eigenvalue weighted by molar-refractivity contribution is -0.0400. The Morgan fingerprint density at radius 2 is 2.03 bits per heavy atom. The number of hydrogen-bond donors (Lipinski definition) is 0. The predicted molar refractivity (Wildman–Crippen MR) is 121 cm³/mol. The van der Waals surface area contributed by atoms with E-state index in [1.807, 2.05) is 59.7 Å². The first-order valence-corrected chi connectivity index (χ1v) is 12.3. The third-order valence-corrected chi connectivity index (χ3v) is 7.61. The number of ether oxygens (including phenoxy) is 1. The third-order valence-electron chi connectivity index (χ3n) is 5.49. The molecule has 0 saturated carbocycles. The van der Waals surface area contributed by atoms with Crippen LogP contribution in [-0.4, -0.2) is 56.7 Å². The van der Waals surface area contributed by atoms with Crippen molar-refractivity contribution in [3.05, 3.63) is 23.8 Å². The van der Waals surface area contributed by atoms with Crippen LogP contribution in [0.25, 0.3) is 11.0 Å². The van der Waals surface area contributed by atoms with Crippen molar-refractivity contribution in [2.24, 2.45) is 0 Å². The van der Waals surface area contributed by atoms with Crippen molar-refractivity contribution in [1.29, 1.82) is 5.26 Å². The normalized spacial score (nSPS) is 24.7. The molecule has 1 saturated heterocycles. The maximum absolute atomic E-state index is 15.6. The number of nitriles is 1. The minimum absolute atomic E-state index is 0.110. The quantitative estimate of drug-likeness (QED) is 0.359. The highest BCUT2D eigenvalue weighted by Gasteiger charge is 2.49. The molecule has 8 nitrogen and oxygen atoms in total. The fourth-order valence-electron chi connectivity index (χ4n) is 4.01. The topological polar surface area (TPSA) is 85.4 Å². The molecule has 1 aromatic heterocycles. The maximum atomic E-state index is 15.6. The summed E-state index contributed by atoms with van der Waals surface area (Å²) in [5.74, 6) is 0. The van der Waals surface area contributed by atoms with Crippen molar-refractivity contribution >= 4 is 19.6 Å².